The van der Waals surface area contributed by atoms with Crippen molar-refractivity contribution in [2.24, 2.45) is 0 Å². The molecule has 0 bridgehead atoms. The van der Waals surface area contributed by atoms with Crippen molar-refractivity contribution in [1.82, 2.24) is 10.5 Å². The van der Waals surface area contributed by atoms with Crippen molar-refractivity contribution in [2.75, 3.05) is 20.3 Å². The van der Waals surface area contributed by atoms with Gasteiger partial charge in [0.15, 0.2) is 11.5 Å². The van der Waals surface area contributed by atoms with E-state index in [2.05, 4.69) is 10.5 Å². The van der Waals surface area contributed by atoms with Gasteiger partial charge >= 0.3 is 0 Å². The van der Waals surface area contributed by atoms with Gasteiger partial charge in [0, 0.05) is 18.7 Å². The summed E-state index contributed by atoms with van der Waals surface area (Å²) in [5.41, 5.74) is 3.10. The molecule has 0 saturated heterocycles. The number of halogens is 1. The van der Waals surface area contributed by atoms with E-state index in [-0.39, 0.29) is 12.4 Å². The maximum absolute atomic E-state index is 5.64. The molecule has 23 heavy (non-hydrogen) atoms. The first-order chi connectivity index (χ1) is 10.7. The second-order valence-corrected chi connectivity index (χ2v) is 5.23. The summed E-state index contributed by atoms with van der Waals surface area (Å²) < 4.78 is 21.8. The van der Waals surface area contributed by atoms with Crippen LogP contribution < -0.4 is 19.5 Å². The minimum atomic E-state index is 0. The smallest absolute Gasteiger partial charge is 0.203 e. The number of methoxy groups -OCH3 is 1. The predicted molar refractivity (Wildman–Crippen MR) is 87.8 cm³/mol. The molecule has 0 radical (unpaired) electrons. The number of ether oxygens (including phenoxy) is 3. The Morgan fingerprint density at radius 3 is 2.65 bits per heavy atom. The van der Waals surface area contributed by atoms with Gasteiger partial charge in [-0.3, -0.25) is 0 Å². The van der Waals surface area contributed by atoms with Crippen molar-refractivity contribution in [1.29, 1.82) is 0 Å². The topological polar surface area (TPSA) is 65.8 Å². The lowest BCUT2D eigenvalue weighted by Gasteiger charge is -2.21. The third-order valence-electron chi connectivity index (χ3n) is 3.70. The number of fused-ring (bicyclic) bond motifs is 1. The van der Waals surface area contributed by atoms with Crippen molar-refractivity contribution in [3.05, 3.63) is 34.7 Å². The van der Waals surface area contributed by atoms with Crippen LogP contribution in [0.2, 0.25) is 0 Å². The average Bonchev–Trinajstić information content (AvgIpc) is 2.86. The summed E-state index contributed by atoms with van der Waals surface area (Å²) in [6.45, 7) is 6.37. The number of aromatic nitrogens is 1. The van der Waals surface area contributed by atoms with Gasteiger partial charge in [-0.2, -0.15) is 0 Å². The van der Waals surface area contributed by atoms with E-state index in [1.807, 2.05) is 26.0 Å². The summed E-state index contributed by atoms with van der Waals surface area (Å²) in [7, 11) is 1.63. The van der Waals surface area contributed by atoms with Crippen molar-refractivity contribution < 1.29 is 18.7 Å². The van der Waals surface area contributed by atoms with Crippen LogP contribution in [0.5, 0.6) is 17.2 Å². The number of nitrogens with one attached hydrogen (secondary N) is 1. The maximum atomic E-state index is 5.64. The summed E-state index contributed by atoms with van der Waals surface area (Å²) >= 11 is 0. The number of rotatable bonds is 5. The Morgan fingerprint density at radius 2 is 1.96 bits per heavy atom. The fraction of sp³-hybridized carbons (Fsp3) is 0.438. The largest absolute Gasteiger partial charge is 0.493 e. The van der Waals surface area contributed by atoms with Crippen LogP contribution in [-0.2, 0) is 13.1 Å². The Morgan fingerprint density at radius 1 is 1.17 bits per heavy atom. The van der Waals surface area contributed by atoms with Crippen LogP contribution in [0.15, 0.2) is 16.7 Å². The predicted octanol–water partition coefficient (Wildman–Crippen LogP) is 2.78. The Balaban J connectivity index is 0.00000192. The first-order valence-electron chi connectivity index (χ1n) is 7.28. The van der Waals surface area contributed by atoms with Crippen molar-refractivity contribution in [3.8, 4) is 17.2 Å². The zero-order chi connectivity index (χ0) is 15.5. The molecule has 0 atom stereocenters. The molecule has 1 N–H and O–H groups in total. The van der Waals surface area contributed by atoms with E-state index in [4.69, 9.17) is 18.7 Å². The minimum absolute atomic E-state index is 0. The third-order valence-corrected chi connectivity index (χ3v) is 3.70. The molecule has 0 saturated carbocycles. The van der Waals surface area contributed by atoms with E-state index >= 15 is 0 Å². The molecular weight excluding hydrogens is 320 g/mol. The van der Waals surface area contributed by atoms with Gasteiger partial charge in [-0.15, -0.1) is 12.4 Å². The lowest BCUT2D eigenvalue weighted by molar-refractivity contribution is 0.165. The van der Waals surface area contributed by atoms with Crippen LogP contribution in [-0.4, -0.2) is 25.5 Å². The van der Waals surface area contributed by atoms with Crippen molar-refractivity contribution >= 4 is 12.4 Å². The van der Waals surface area contributed by atoms with E-state index in [1.165, 1.54) is 0 Å². The molecule has 0 unspecified atom stereocenters. The molecule has 7 heteroatoms. The number of nitrogens with zero attached hydrogens (tertiary/aromatic N) is 1. The van der Waals surface area contributed by atoms with Crippen LogP contribution in [0.25, 0.3) is 0 Å². The number of benzene rings is 1. The molecule has 1 aliphatic heterocycles. The highest BCUT2D eigenvalue weighted by molar-refractivity contribution is 5.85. The first kappa shape index (κ1) is 17.4. The van der Waals surface area contributed by atoms with Gasteiger partial charge in [0.2, 0.25) is 5.75 Å². The number of aryl methyl sites for hydroxylation is 2. The highest BCUT2D eigenvalue weighted by Crippen LogP contribution is 2.40. The molecule has 1 aromatic heterocycles. The van der Waals surface area contributed by atoms with Crippen molar-refractivity contribution in [2.45, 2.75) is 26.9 Å². The zero-order valence-electron chi connectivity index (χ0n) is 13.5. The molecule has 0 aliphatic carbocycles. The van der Waals surface area contributed by atoms with Gasteiger partial charge in [0.25, 0.3) is 0 Å². The van der Waals surface area contributed by atoms with Gasteiger partial charge in [0.1, 0.15) is 19.0 Å². The fourth-order valence-corrected chi connectivity index (χ4v) is 2.52. The lowest BCUT2D eigenvalue weighted by atomic mass is 10.1. The normalized spacial score (nSPS) is 12.7. The highest BCUT2D eigenvalue weighted by Gasteiger charge is 2.18. The molecule has 0 amide bonds. The second kappa shape index (κ2) is 7.57. The Kier molecular flexibility index (Phi) is 5.74. The number of hydrogen-bond donors (Lipinski definition) is 1. The van der Waals surface area contributed by atoms with E-state index in [1.54, 1.807) is 7.11 Å². The van der Waals surface area contributed by atoms with Gasteiger partial charge < -0.3 is 24.1 Å². The maximum Gasteiger partial charge on any atom is 0.203 e. The van der Waals surface area contributed by atoms with E-state index in [0.717, 1.165) is 28.3 Å². The van der Waals surface area contributed by atoms with Crippen LogP contribution in [0, 0.1) is 13.8 Å². The zero-order valence-corrected chi connectivity index (χ0v) is 14.3. The summed E-state index contributed by atoms with van der Waals surface area (Å²) in [6.07, 6.45) is 0. The average molecular weight is 341 g/mol. The number of hydrogen-bond acceptors (Lipinski definition) is 6. The fourth-order valence-electron chi connectivity index (χ4n) is 2.52. The Labute approximate surface area is 141 Å². The minimum Gasteiger partial charge on any atom is -0.493 e. The molecule has 1 aromatic carbocycles. The van der Waals surface area contributed by atoms with Crippen LogP contribution >= 0.6 is 12.4 Å². The lowest BCUT2D eigenvalue weighted by Crippen LogP contribution is -2.17. The molecule has 3 rings (SSSR count). The molecule has 0 fully saturated rings. The third kappa shape index (κ3) is 3.71. The van der Waals surface area contributed by atoms with E-state index in [9.17, 15) is 0 Å². The SMILES string of the molecule is COc1cc(CNCc2c(C)noc2C)cc2c1OCCO2.Cl. The molecule has 2 heterocycles. The second-order valence-electron chi connectivity index (χ2n) is 5.23. The van der Waals surface area contributed by atoms with Crippen LogP contribution in [0.4, 0.5) is 0 Å². The van der Waals surface area contributed by atoms with Crippen LogP contribution in [0.1, 0.15) is 22.6 Å². The highest BCUT2D eigenvalue weighted by atomic mass is 35.5. The van der Waals surface area contributed by atoms with Gasteiger partial charge in [0.05, 0.1) is 12.8 Å². The summed E-state index contributed by atoms with van der Waals surface area (Å²) in [5, 5.41) is 7.35. The van der Waals surface area contributed by atoms with Crippen LogP contribution in [0.3, 0.4) is 0 Å². The Bertz CT molecular complexity index is 636. The monoisotopic (exact) mass is 340 g/mol. The van der Waals surface area contributed by atoms with E-state index < -0.39 is 0 Å². The molecule has 6 nitrogen and oxygen atoms in total. The molecule has 2 aromatic rings. The quantitative estimate of drug-likeness (QED) is 0.902. The summed E-state index contributed by atoms with van der Waals surface area (Å²) in [6, 6.07) is 3.95. The molecule has 0 spiro atoms. The van der Waals surface area contributed by atoms with Gasteiger partial charge in [-0.05, 0) is 31.5 Å². The molecule has 126 valence electrons. The van der Waals surface area contributed by atoms with Gasteiger partial charge in [-0.1, -0.05) is 5.16 Å². The Hall–Kier alpha value is -1.92. The summed E-state index contributed by atoms with van der Waals surface area (Å²) in [5.74, 6) is 2.97. The summed E-state index contributed by atoms with van der Waals surface area (Å²) in [4.78, 5) is 0. The first-order valence-corrected chi connectivity index (χ1v) is 7.28. The van der Waals surface area contributed by atoms with Crippen molar-refractivity contribution in [3.63, 3.8) is 0 Å². The van der Waals surface area contributed by atoms with Gasteiger partial charge in [-0.25, -0.2) is 0 Å². The molecular formula is C16H21ClN2O4. The molecule has 1 aliphatic rings. The standard InChI is InChI=1S/C16H20N2O4.ClH/c1-10-13(11(2)22-18-10)9-17-8-12-6-14(19-3)16-15(7-12)20-4-5-21-16;/h6-7,17H,4-5,8-9H2,1-3H3;1H. The van der Waals surface area contributed by atoms with E-state index in [0.29, 0.717) is 37.8 Å².